The lowest BCUT2D eigenvalue weighted by molar-refractivity contribution is 0.195. The van der Waals surface area contributed by atoms with E-state index in [1.165, 1.54) is 34.6 Å². The molecule has 20 aromatic rings. The molecule has 35 heteroatoms. The maximum Gasteiger partial charge on any atom is 0.271 e. The van der Waals surface area contributed by atoms with Crippen molar-refractivity contribution in [3.8, 4) is 28.7 Å². The molecule has 0 fully saturated rings. The summed E-state index contributed by atoms with van der Waals surface area (Å²) in [6, 6.07) is 89.9. The molecule has 0 amide bonds. The normalized spacial score (nSPS) is 12.0. The molecule has 0 aliphatic heterocycles. The summed E-state index contributed by atoms with van der Waals surface area (Å²) in [4.78, 5) is 79.4. The van der Waals surface area contributed by atoms with Crippen molar-refractivity contribution in [1.82, 2.24) is 101 Å². The highest BCUT2D eigenvalue weighted by Gasteiger charge is 2.21. The molecule has 0 saturated heterocycles. The third kappa shape index (κ3) is 27.4. The van der Waals surface area contributed by atoms with Gasteiger partial charge in [-0.1, -0.05) is 164 Å². The first-order chi connectivity index (χ1) is 67.8. The standard InChI is InChI=1S/C22H22N4O2.C21H23N5O2.C21H20N4O2.C20H20N6O2.C19H18N6O2/c27-22-19-10-9-17(15-20(19)25-26-22)28-18(14-16-6-2-1-3-7-16)11-13-24-21-8-4-5-12-23-21;1-26-13-20(23-14-26)22-10-9-17(11-15-5-3-2-4-6-15)28-16-7-8-18-19(12-16)24-25-21(18)27;26-21-17-10-9-16(14-19(17)24-25-21)27-13-11-18(15-6-2-1-3-7-15)23-20-8-4-5-12-22-20;27-19-17-7-6-15(13-18(17)24-25-19)28-16(12-14-4-2-1-3-5-14)8-9-21-20-22-10-11-23-26-20;26-18-15-7-6-14(12-17(15)23-24-18)27-11-8-16(13-4-2-1-3-5-13)22-19-20-9-10-21-25-19/h1-10,12,15,18H,11,13-14H2,(H,23,24)(H2,25,26,27);2-8,12-14,17,22H,9-11H2,1H3,(H2,24,25,27);1-10,12,14,18H,11,13H2,(H,22,23)(H2,24,25,26);1-7,10-11,13,16H,8-9,12H2,(H,21,22,26)(H2,24,25,27);1-7,9-10,12,16H,8,11H2,(H,20,22,25)(H2,23,24,26). The van der Waals surface area contributed by atoms with Crippen molar-refractivity contribution in [2.75, 3.05) is 59.4 Å². The third-order valence-electron chi connectivity index (χ3n) is 22.2. The second-order valence-electron chi connectivity index (χ2n) is 32.1. The zero-order valence-corrected chi connectivity index (χ0v) is 75.3. The van der Waals surface area contributed by atoms with Gasteiger partial charge in [0.1, 0.15) is 64.5 Å². The van der Waals surface area contributed by atoms with Gasteiger partial charge in [-0.3, -0.25) is 75.0 Å². The number of H-pyrrole nitrogens is 10. The molecule has 35 nitrogen and oxygen atoms in total. The fourth-order valence-corrected chi connectivity index (χ4v) is 15.4. The van der Waals surface area contributed by atoms with Crippen LogP contribution in [0, 0.1) is 0 Å². The summed E-state index contributed by atoms with van der Waals surface area (Å²) in [6.45, 7) is 3.15. The molecule has 10 heterocycles. The van der Waals surface area contributed by atoms with E-state index in [1.807, 2.05) is 212 Å². The van der Waals surface area contributed by atoms with Gasteiger partial charge in [0.25, 0.3) is 27.8 Å². The quantitative estimate of drug-likeness (QED) is 0.0171. The number of hydrogen-bond acceptors (Lipinski definition) is 24. The summed E-state index contributed by atoms with van der Waals surface area (Å²) in [5.41, 5.74) is 8.96. The summed E-state index contributed by atoms with van der Waals surface area (Å²) in [5, 5.41) is 62.5. The van der Waals surface area contributed by atoms with Crippen molar-refractivity contribution in [2.24, 2.45) is 7.05 Å². The number of rotatable bonds is 38. The van der Waals surface area contributed by atoms with E-state index in [0.717, 1.165) is 126 Å². The van der Waals surface area contributed by atoms with Crippen molar-refractivity contribution in [3.63, 3.8) is 0 Å². The number of hydrogen-bond donors (Lipinski definition) is 15. The van der Waals surface area contributed by atoms with Crippen molar-refractivity contribution >= 4 is 83.9 Å². The van der Waals surface area contributed by atoms with Crippen LogP contribution in [-0.4, -0.2) is 152 Å². The van der Waals surface area contributed by atoms with E-state index in [1.54, 1.807) is 67.5 Å². The lowest BCUT2D eigenvalue weighted by Crippen LogP contribution is -2.23. The van der Waals surface area contributed by atoms with E-state index in [0.29, 0.717) is 76.5 Å². The Morgan fingerprint density at radius 3 is 1.01 bits per heavy atom. The minimum Gasteiger partial charge on any atom is -0.493 e. The number of pyridine rings is 2. The molecule has 5 unspecified atom stereocenters. The SMILES string of the molecule is Cn1cnc(NCCC(Cc2ccccc2)Oc2ccc3c(=O)[nH][nH]c3c2)c1.O=c1[nH][nH]c2cc(OC(CCNc3ccccn3)Cc3ccccc3)ccc12.O=c1[nH][nH]c2cc(OC(CCNc3nccnn3)Cc3ccccc3)ccc12.O=c1[nH][nH]c2cc(OCCC(Nc3ccccn3)c3ccccc3)ccc12.O=c1[nH][nH]c2cc(OCCC(Nc3nccnn3)c3ccccc3)ccc12. The molecule has 0 aliphatic carbocycles. The molecule has 15 N–H and O–H groups in total. The van der Waals surface area contributed by atoms with E-state index >= 15 is 0 Å². The van der Waals surface area contributed by atoms with Gasteiger partial charge in [0, 0.05) is 127 Å². The minimum absolute atomic E-state index is 0.0123. The summed E-state index contributed by atoms with van der Waals surface area (Å²) < 4.78 is 32.5. The van der Waals surface area contributed by atoms with Gasteiger partial charge in [-0.25, -0.2) is 24.9 Å². The van der Waals surface area contributed by atoms with Gasteiger partial charge in [0.15, 0.2) is 0 Å². The first-order valence-corrected chi connectivity index (χ1v) is 45.1. The number of nitrogens with zero attached hydrogens (tertiary/aromatic N) is 10. The monoisotopic (exact) mass is 1850 g/mol. The summed E-state index contributed by atoms with van der Waals surface area (Å²) in [7, 11) is 1.95. The van der Waals surface area contributed by atoms with Crippen molar-refractivity contribution in [3.05, 3.63) is 408 Å². The Balaban J connectivity index is 0.000000125. The first kappa shape index (κ1) is 93.3. The summed E-state index contributed by atoms with van der Waals surface area (Å²) in [5.74, 6) is 7.11. The molecule has 10 aromatic carbocycles. The number of nitrogens with one attached hydrogen (secondary N) is 15. The highest BCUT2D eigenvalue weighted by molar-refractivity contribution is 5.82. The molecule has 20 rings (SSSR count). The topological polar surface area (TPSA) is 470 Å². The maximum absolute atomic E-state index is 11.7. The van der Waals surface area contributed by atoms with Crippen LogP contribution in [0.3, 0.4) is 0 Å². The molecule has 0 radical (unpaired) electrons. The summed E-state index contributed by atoms with van der Waals surface area (Å²) >= 11 is 0. The Bertz CT molecular complexity index is 7060. The van der Waals surface area contributed by atoms with E-state index in [4.69, 9.17) is 23.7 Å². The molecule has 138 heavy (non-hydrogen) atoms. The fourth-order valence-electron chi connectivity index (χ4n) is 15.4. The van der Waals surface area contributed by atoms with Crippen molar-refractivity contribution in [2.45, 2.75) is 81.8 Å². The highest BCUT2D eigenvalue weighted by Crippen LogP contribution is 2.29. The third-order valence-corrected chi connectivity index (χ3v) is 22.2. The van der Waals surface area contributed by atoms with Gasteiger partial charge >= 0.3 is 0 Å². The van der Waals surface area contributed by atoms with Crippen LogP contribution in [0.25, 0.3) is 54.5 Å². The van der Waals surface area contributed by atoms with Crippen LogP contribution in [0.5, 0.6) is 28.7 Å². The van der Waals surface area contributed by atoms with Gasteiger partial charge in [-0.15, -0.1) is 10.2 Å². The number of aromatic nitrogens is 20. The molecule has 700 valence electrons. The average molecular weight is 1850 g/mol. The van der Waals surface area contributed by atoms with Crippen LogP contribution >= 0.6 is 0 Å². The fraction of sp³-hybridized carbons (Fsp3) is 0.184. The van der Waals surface area contributed by atoms with Gasteiger partial charge in [-0.05, 0) is 113 Å². The number of ether oxygens (including phenoxy) is 5. The first-order valence-electron chi connectivity index (χ1n) is 45.1. The van der Waals surface area contributed by atoms with Crippen molar-refractivity contribution in [1.29, 1.82) is 0 Å². The zero-order chi connectivity index (χ0) is 94.7. The lowest BCUT2D eigenvalue weighted by Gasteiger charge is -2.20. The Kier molecular flexibility index (Phi) is 32.4. The average Bonchev–Trinajstić information content (AvgIpc) is 1.66. The number of fused-ring (bicyclic) bond motifs is 5. The predicted molar refractivity (Wildman–Crippen MR) is 535 cm³/mol. The van der Waals surface area contributed by atoms with Crippen LogP contribution in [0.1, 0.15) is 72.0 Å². The van der Waals surface area contributed by atoms with Gasteiger partial charge in [0.2, 0.25) is 11.9 Å². The number of anilines is 5. The number of aryl methyl sites for hydroxylation is 1. The lowest BCUT2D eigenvalue weighted by atomic mass is 10.0. The number of imidazole rings is 1. The molecule has 10 aromatic heterocycles. The number of aromatic amines is 10. The van der Waals surface area contributed by atoms with Crippen LogP contribution in [0.4, 0.5) is 29.4 Å². The van der Waals surface area contributed by atoms with Crippen LogP contribution < -0.4 is 78.1 Å². The Morgan fingerprint density at radius 2 is 0.645 bits per heavy atom. The largest absolute Gasteiger partial charge is 0.493 e. The minimum atomic E-state index is -0.138. The second kappa shape index (κ2) is 48.0. The Hall–Kier alpha value is -17.9. The Labute approximate surface area is 789 Å². The predicted octanol–water partition coefficient (Wildman–Crippen LogP) is 15.9. The van der Waals surface area contributed by atoms with E-state index < -0.39 is 0 Å². The zero-order valence-electron chi connectivity index (χ0n) is 75.3. The molecule has 0 saturated carbocycles. The molecule has 0 aliphatic rings. The highest BCUT2D eigenvalue weighted by atomic mass is 16.5. The molecule has 0 spiro atoms. The maximum atomic E-state index is 11.7. The Morgan fingerprint density at radius 1 is 0.304 bits per heavy atom. The van der Waals surface area contributed by atoms with Gasteiger partial charge in [-0.2, -0.15) is 10.2 Å². The second-order valence-corrected chi connectivity index (χ2v) is 32.1. The number of benzene rings is 10. The molecular formula is C103H103N25O10. The van der Waals surface area contributed by atoms with E-state index in [9.17, 15) is 24.0 Å². The summed E-state index contributed by atoms with van der Waals surface area (Å²) in [6.07, 6.45) is 19.6. The molecule has 5 atom stereocenters. The molecule has 0 bridgehead atoms. The smallest absolute Gasteiger partial charge is 0.271 e. The van der Waals surface area contributed by atoms with E-state index in [-0.39, 0.29) is 58.2 Å². The van der Waals surface area contributed by atoms with Gasteiger partial charge < -0.3 is 54.8 Å². The van der Waals surface area contributed by atoms with Crippen LogP contribution in [0.2, 0.25) is 0 Å². The van der Waals surface area contributed by atoms with Crippen LogP contribution in [-0.2, 0) is 26.3 Å². The molecular weight excluding hydrogens is 1750 g/mol. The van der Waals surface area contributed by atoms with Gasteiger partial charge in [0.05, 0.1) is 111 Å². The van der Waals surface area contributed by atoms with Crippen LogP contribution in [0.15, 0.2) is 353 Å². The van der Waals surface area contributed by atoms with Crippen molar-refractivity contribution < 1.29 is 23.7 Å². The van der Waals surface area contributed by atoms with E-state index in [2.05, 4.69) is 171 Å².